The molecule has 2 aromatic heterocycles. The van der Waals surface area contributed by atoms with Crippen LogP contribution in [0.25, 0.3) is 11.0 Å². The van der Waals surface area contributed by atoms with Crippen LogP contribution in [0.15, 0.2) is 67.0 Å². The highest BCUT2D eigenvalue weighted by molar-refractivity contribution is 5.92. The average molecular weight is 551 g/mol. The molecule has 7 nitrogen and oxygen atoms in total. The lowest BCUT2D eigenvalue weighted by atomic mass is 9.59. The number of likely N-dealkylation sites (tertiary alicyclic amines) is 1. The van der Waals surface area contributed by atoms with Gasteiger partial charge in [-0.1, -0.05) is 31.2 Å². The molecule has 7 heteroatoms. The van der Waals surface area contributed by atoms with E-state index in [1.807, 2.05) is 30.5 Å². The van der Waals surface area contributed by atoms with Crippen molar-refractivity contribution in [2.45, 2.75) is 64.0 Å². The monoisotopic (exact) mass is 550 g/mol. The van der Waals surface area contributed by atoms with E-state index in [-0.39, 0.29) is 5.56 Å². The van der Waals surface area contributed by atoms with Crippen molar-refractivity contribution in [3.8, 4) is 11.5 Å². The molecule has 3 fully saturated rings. The van der Waals surface area contributed by atoms with Crippen LogP contribution in [-0.4, -0.2) is 51.6 Å². The first-order chi connectivity index (χ1) is 20.0. The summed E-state index contributed by atoms with van der Waals surface area (Å²) in [5.41, 5.74) is 5.44. The number of hydrogen-bond donors (Lipinski definition) is 2. The number of nitrogens with zero attached hydrogens (tertiary/aromatic N) is 3. The Kier molecular flexibility index (Phi) is 6.70. The number of hydrogen-bond acceptors (Lipinski definition) is 5. The molecule has 4 aromatic rings. The second-order valence-corrected chi connectivity index (χ2v) is 12.2. The van der Waals surface area contributed by atoms with Crippen LogP contribution >= 0.6 is 0 Å². The van der Waals surface area contributed by atoms with Gasteiger partial charge in [0.05, 0.1) is 6.20 Å². The lowest BCUT2D eigenvalue weighted by Gasteiger charge is -2.56. The van der Waals surface area contributed by atoms with Gasteiger partial charge in [0.25, 0.3) is 0 Å². The van der Waals surface area contributed by atoms with Gasteiger partial charge < -0.3 is 19.7 Å². The van der Waals surface area contributed by atoms with Gasteiger partial charge in [0, 0.05) is 48.5 Å². The lowest BCUT2D eigenvalue weighted by Crippen LogP contribution is -2.54. The number of carboxylic acid groups (broad SMARTS) is 1. The fourth-order valence-corrected chi connectivity index (χ4v) is 7.63. The van der Waals surface area contributed by atoms with Crippen LogP contribution in [0.3, 0.4) is 0 Å². The SMILES string of the molecule is CCc1ccccc1[C@@H]1CCCN1C1CC2(CCN(c3ccc(C(=O)O)c(Oc4cnc5[nH]ccc5c4)c3)CC2)C1. The Bertz CT molecular complexity index is 1560. The summed E-state index contributed by atoms with van der Waals surface area (Å²) in [6.45, 7) is 5.46. The fraction of sp³-hybridized carbons (Fsp3) is 0.412. The largest absolute Gasteiger partial charge is 0.478 e. The Morgan fingerprint density at radius 3 is 2.73 bits per heavy atom. The Hall–Kier alpha value is -3.84. The lowest BCUT2D eigenvalue weighted by molar-refractivity contribution is -0.0227. The summed E-state index contributed by atoms with van der Waals surface area (Å²) in [4.78, 5) is 24.6. The number of piperidine rings is 1. The van der Waals surface area contributed by atoms with E-state index in [1.54, 1.807) is 17.8 Å². The third kappa shape index (κ3) is 4.86. The van der Waals surface area contributed by atoms with Crippen molar-refractivity contribution in [2.75, 3.05) is 24.5 Å². The van der Waals surface area contributed by atoms with Crippen molar-refractivity contribution in [1.29, 1.82) is 0 Å². The van der Waals surface area contributed by atoms with Crippen LogP contribution in [0.5, 0.6) is 11.5 Å². The number of aromatic nitrogens is 2. The Balaban J connectivity index is 1.02. The highest BCUT2D eigenvalue weighted by Crippen LogP contribution is 2.54. The molecule has 1 spiro atoms. The second kappa shape index (κ2) is 10.5. The molecule has 0 amide bonds. The van der Waals surface area contributed by atoms with E-state index in [1.165, 1.54) is 50.6 Å². The number of carboxylic acids is 1. The predicted octanol–water partition coefficient (Wildman–Crippen LogP) is 7.20. The first-order valence-electron chi connectivity index (χ1n) is 15.1. The summed E-state index contributed by atoms with van der Waals surface area (Å²) in [7, 11) is 0. The highest BCUT2D eigenvalue weighted by atomic mass is 16.5. The highest BCUT2D eigenvalue weighted by Gasteiger charge is 2.49. The fourth-order valence-electron chi connectivity index (χ4n) is 7.63. The summed E-state index contributed by atoms with van der Waals surface area (Å²) in [6, 6.07) is 19.6. The Labute approximate surface area is 241 Å². The van der Waals surface area contributed by atoms with Crippen molar-refractivity contribution in [3.05, 3.63) is 83.7 Å². The molecule has 3 aliphatic rings. The maximum absolute atomic E-state index is 12.0. The van der Waals surface area contributed by atoms with E-state index < -0.39 is 5.97 Å². The number of anilines is 1. The van der Waals surface area contributed by atoms with Gasteiger partial charge in [0.2, 0.25) is 0 Å². The predicted molar refractivity (Wildman–Crippen MR) is 161 cm³/mol. The van der Waals surface area contributed by atoms with Gasteiger partial charge in [-0.3, -0.25) is 4.90 Å². The number of aromatic amines is 1. The van der Waals surface area contributed by atoms with Crippen molar-refractivity contribution >= 4 is 22.7 Å². The van der Waals surface area contributed by atoms with E-state index in [0.717, 1.165) is 36.2 Å². The van der Waals surface area contributed by atoms with Gasteiger partial charge in [-0.25, -0.2) is 9.78 Å². The molecule has 4 heterocycles. The summed E-state index contributed by atoms with van der Waals surface area (Å²) >= 11 is 0. The number of pyridine rings is 1. The number of benzene rings is 2. The van der Waals surface area contributed by atoms with E-state index >= 15 is 0 Å². The molecule has 2 N–H and O–H groups in total. The van der Waals surface area contributed by atoms with Gasteiger partial charge in [-0.2, -0.15) is 0 Å². The molecule has 1 saturated carbocycles. The summed E-state index contributed by atoms with van der Waals surface area (Å²) in [5, 5.41) is 10.7. The molecule has 2 aliphatic heterocycles. The minimum absolute atomic E-state index is 0.156. The van der Waals surface area contributed by atoms with Crippen LogP contribution in [0, 0.1) is 5.41 Å². The Morgan fingerprint density at radius 2 is 1.93 bits per heavy atom. The molecule has 2 aromatic carbocycles. The number of aromatic carboxylic acids is 1. The number of fused-ring (bicyclic) bond motifs is 1. The topological polar surface area (TPSA) is 81.7 Å². The maximum Gasteiger partial charge on any atom is 0.339 e. The molecule has 212 valence electrons. The first kappa shape index (κ1) is 26.1. The second-order valence-electron chi connectivity index (χ2n) is 12.2. The molecule has 7 rings (SSSR count). The van der Waals surface area contributed by atoms with Crippen molar-refractivity contribution in [1.82, 2.24) is 14.9 Å². The number of nitrogens with one attached hydrogen (secondary N) is 1. The zero-order chi connectivity index (χ0) is 28.0. The molecule has 0 bridgehead atoms. The number of ether oxygens (including phenoxy) is 1. The molecular formula is C34H38N4O3. The Morgan fingerprint density at radius 1 is 1.10 bits per heavy atom. The molecule has 2 saturated heterocycles. The van der Waals surface area contributed by atoms with Crippen molar-refractivity contribution < 1.29 is 14.6 Å². The van der Waals surface area contributed by atoms with Crippen LogP contribution in [0.1, 0.15) is 73.0 Å². The van der Waals surface area contributed by atoms with Crippen LogP contribution in [0.4, 0.5) is 5.69 Å². The molecule has 1 aliphatic carbocycles. The minimum atomic E-state index is -0.998. The van der Waals surface area contributed by atoms with E-state index in [4.69, 9.17) is 4.74 Å². The maximum atomic E-state index is 12.0. The molecular weight excluding hydrogens is 512 g/mol. The summed E-state index contributed by atoms with van der Waals surface area (Å²) < 4.78 is 6.10. The number of H-pyrrole nitrogens is 1. The van der Waals surface area contributed by atoms with Crippen LogP contribution in [0.2, 0.25) is 0 Å². The van der Waals surface area contributed by atoms with Gasteiger partial charge in [0.1, 0.15) is 22.7 Å². The quantitative estimate of drug-likeness (QED) is 0.253. The zero-order valence-electron chi connectivity index (χ0n) is 23.7. The average Bonchev–Trinajstić information content (AvgIpc) is 3.65. The number of aryl methyl sites for hydroxylation is 1. The molecule has 0 unspecified atom stereocenters. The van der Waals surface area contributed by atoms with Gasteiger partial charge in [-0.05, 0) is 92.3 Å². The zero-order valence-corrected chi connectivity index (χ0v) is 23.7. The van der Waals surface area contributed by atoms with E-state index in [0.29, 0.717) is 29.0 Å². The van der Waals surface area contributed by atoms with E-state index in [2.05, 4.69) is 51.0 Å². The van der Waals surface area contributed by atoms with E-state index in [9.17, 15) is 9.90 Å². The van der Waals surface area contributed by atoms with Crippen LogP contribution in [-0.2, 0) is 6.42 Å². The third-order valence-corrected chi connectivity index (χ3v) is 9.88. The third-order valence-electron chi connectivity index (χ3n) is 9.88. The molecule has 0 radical (unpaired) electrons. The van der Waals surface area contributed by atoms with Crippen molar-refractivity contribution in [3.63, 3.8) is 0 Å². The first-order valence-corrected chi connectivity index (χ1v) is 15.1. The van der Waals surface area contributed by atoms with Gasteiger partial charge in [0.15, 0.2) is 0 Å². The number of rotatable bonds is 7. The van der Waals surface area contributed by atoms with Gasteiger partial charge >= 0.3 is 5.97 Å². The molecule has 1 atom stereocenters. The summed E-state index contributed by atoms with van der Waals surface area (Å²) in [5.74, 6) is -0.123. The smallest absolute Gasteiger partial charge is 0.339 e. The molecule has 41 heavy (non-hydrogen) atoms. The standard InChI is InChI=1S/C34H38N4O3/c1-2-23-6-3-4-7-28(23)30-8-5-15-38(30)26-20-34(21-26)12-16-37(17-13-34)25-9-10-29(33(39)40)31(19-25)41-27-18-24-11-14-35-32(24)36-22-27/h3-4,6-7,9-11,14,18-19,22,26,30H,2,5,8,12-13,15-17,20-21H2,1H3,(H,35,36)(H,39,40)/t30-/m0/s1. The normalized spacial score (nSPS) is 20.9. The number of carbonyl (C=O) groups is 1. The van der Waals surface area contributed by atoms with Crippen molar-refractivity contribution in [2.24, 2.45) is 5.41 Å². The minimum Gasteiger partial charge on any atom is -0.478 e. The summed E-state index contributed by atoms with van der Waals surface area (Å²) in [6.07, 6.45) is 12.1. The van der Waals surface area contributed by atoms with Crippen LogP contribution < -0.4 is 9.64 Å². The van der Waals surface area contributed by atoms with Gasteiger partial charge in [-0.15, -0.1) is 0 Å².